The minimum atomic E-state index is -2.28. The molecule has 1 heterocycles. The van der Waals surface area contributed by atoms with Crippen LogP contribution in [-0.2, 0) is 41.8 Å². The van der Waals surface area contributed by atoms with Crippen molar-refractivity contribution in [3.05, 3.63) is 114 Å². The molecule has 0 spiro atoms. The number of nitrogens with zero attached hydrogens (tertiary/aromatic N) is 2. The number of hydrogen-bond donors (Lipinski definition) is 0. The SMILES string of the molecule is C=C(c1ccc(C(=O)OC)cc1)[C@@H]1C[C@@](C(C)=O)(C(=O)OCC)N(C(=O)OCc2ccccc2)N1C(=O)OCc1ccccc1. The first-order valence-electron chi connectivity index (χ1n) is 14.2. The first-order valence-corrected chi connectivity index (χ1v) is 14.2. The summed E-state index contributed by atoms with van der Waals surface area (Å²) < 4.78 is 21.3. The average molecular weight is 615 g/mol. The second-order valence-electron chi connectivity index (χ2n) is 10.2. The molecule has 1 fully saturated rings. The normalized spacial score (nSPS) is 17.3. The predicted octanol–water partition coefficient (Wildman–Crippen LogP) is 5.34. The topological polar surface area (TPSA) is 129 Å². The number of benzene rings is 3. The number of rotatable bonds is 10. The molecule has 1 aliphatic heterocycles. The third-order valence-corrected chi connectivity index (χ3v) is 7.41. The molecule has 2 amide bonds. The van der Waals surface area contributed by atoms with Gasteiger partial charge in [-0.25, -0.2) is 24.2 Å². The van der Waals surface area contributed by atoms with Crippen molar-refractivity contribution in [3.8, 4) is 0 Å². The van der Waals surface area contributed by atoms with Crippen LogP contribution in [0, 0.1) is 0 Å². The highest BCUT2D eigenvalue weighted by molar-refractivity contribution is 6.11. The Balaban J connectivity index is 1.79. The lowest BCUT2D eigenvalue weighted by atomic mass is 9.85. The molecule has 1 saturated heterocycles. The van der Waals surface area contributed by atoms with Crippen LogP contribution in [0.15, 0.2) is 91.5 Å². The van der Waals surface area contributed by atoms with Gasteiger partial charge in [-0.15, -0.1) is 0 Å². The lowest BCUT2D eigenvalue weighted by Crippen LogP contribution is -2.63. The van der Waals surface area contributed by atoms with Crippen molar-refractivity contribution < 1.29 is 42.9 Å². The van der Waals surface area contributed by atoms with Crippen LogP contribution in [0.3, 0.4) is 0 Å². The van der Waals surface area contributed by atoms with Crippen LogP contribution in [0.25, 0.3) is 5.57 Å². The van der Waals surface area contributed by atoms with Crippen molar-refractivity contribution in [2.75, 3.05) is 13.7 Å². The van der Waals surface area contributed by atoms with Gasteiger partial charge in [-0.3, -0.25) is 4.79 Å². The van der Waals surface area contributed by atoms with E-state index in [0.29, 0.717) is 21.7 Å². The molecule has 45 heavy (non-hydrogen) atoms. The largest absolute Gasteiger partial charge is 0.465 e. The molecule has 11 nitrogen and oxygen atoms in total. The zero-order valence-corrected chi connectivity index (χ0v) is 25.3. The van der Waals surface area contributed by atoms with E-state index >= 15 is 0 Å². The summed E-state index contributed by atoms with van der Waals surface area (Å²) in [6, 6.07) is 22.7. The van der Waals surface area contributed by atoms with E-state index in [1.54, 1.807) is 73.7 Å². The smallest absolute Gasteiger partial charge is 0.430 e. The van der Waals surface area contributed by atoms with Gasteiger partial charge < -0.3 is 18.9 Å². The molecule has 2 atom stereocenters. The molecule has 1 aliphatic rings. The zero-order valence-electron chi connectivity index (χ0n) is 25.3. The fraction of sp³-hybridized carbons (Fsp3) is 0.265. The number of esters is 2. The molecule has 11 heteroatoms. The van der Waals surface area contributed by atoms with E-state index in [1.165, 1.54) is 19.2 Å². The summed E-state index contributed by atoms with van der Waals surface area (Å²) in [6.07, 6.45) is -2.56. The Morgan fingerprint density at radius 2 is 1.29 bits per heavy atom. The summed E-state index contributed by atoms with van der Waals surface area (Å²) >= 11 is 0. The van der Waals surface area contributed by atoms with Gasteiger partial charge in [0.05, 0.1) is 25.3 Å². The highest BCUT2D eigenvalue weighted by atomic mass is 16.6. The molecule has 0 N–H and O–H groups in total. The molecule has 0 saturated carbocycles. The Morgan fingerprint density at radius 1 is 0.778 bits per heavy atom. The number of carbonyl (C=O) groups excluding carboxylic acids is 5. The van der Waals surface area contributed by atoms with Gasteiger partial charge in [0.25, 0.3) is 0 Å². The Kier molecular flexibility index (Phi) is 10.4. The van der Waals surface area contributed by atoms with Gasteiger partial charge in [-0.2, -0.15) is 5.01 Å². The van der Waals surface area contributed by atoms with Crippen LogP contribution in [0.2, 0.25) is 0 Å². The Hall–Kier alpha value is -5.45. The van der Waals surface area contributed by atoms with Crippen LogP contribution in [0.4, 0.5) is 9.59 Å². The summed E-state index contributed by atoms with van der Waals surface area (Å²) in [5, 5.41) is 1.59. The zero-order chi connectivity index (χ0) is 32.6. The number of Topliss-reactive ketones (excluding diaryl/α,β-unsaturated/α-hetero) is 1. The first-order chi connectivity index (χ1) is 21.6. The van der Waals surface area contributed by atoms with E-state index in [-0.39, 0.29) is 37.4 Å². The molecular weight excluding hydrogens is 580 g/mol. The standard InChI is InChI=1S/C34H34N2O9/c1-5-43-31(39)34(24(3)37)20-29(23(2)27-16-18-28(19-17-27)30(38)42-4)35(32(40)44-21-25-12-8-6-9-13-25)36(34)33(41)45-22-26-14-10-7-11-15-26/h6-19,29H,2,5,20-22H2,1,3-4H3/t29-,34+/m0/s1. The van der Waals surface area contributed by atoms with Crippen LogP contribution in [-0.4, -0.2) is 65.2 Å². The van der Waals surface area contributed by atoms with Crippen LogP contribution < -0.4 is 0 Å². The lowest BCUT2D eigenvalue weighted by Gasteiger charge is -2.37. The quantitative estimate of drug-likeness (QED) is 0.169. The second-order valence-corrected chi connectivity index (χ2v) is 10.2. The summed E-state index contributed by atoms with van der Waals surface area (Å²) in [4.78, 5) is 66.9. The molecule has 0 aromatic heterocycles. The van der Waals surface area contributed by atoms with Gasteiger partial charge in [0.1, 0.15) is 13.2 Å². The van der Waals surface area contributed by atoms with Crippen molar-refractivity contribution in [3.63, 3.8) is 0 Å². The number of hydrogen-bond acceptors (Lipinski definition) is 9. The molecule has 3 aromatic rings. The van der Waals surface area contributed by atoms with E-state index in [9.17, 15) is 24.0 Å². The van der Waals surface area contributed by atoms with Crippen molar-refractivity contribution in [2.45, 2.75) is 45.1 Å². The Bertz CT molecular complexity index is 1560. The van der Waals surface area contributed by atoms with E-state index in [0.717, 1.165) is 11.9 Å². The van der Waals surface area contributed by atoms with Crippen LogP contribution >= 0.6 is 0 Å². The molecule has 0 bridgehead atoms. The number of hydrazine groups is 1. The molecule has 234 valence electrons. The maximum atomic E-state index is 13.9. The number of carbonyl (C=O) groups is 5. The monoisotopic (exact) mass is 614 g/mol. The summed E-state index contributed by atoms with van der Waals surface area (Å²) in [5.41, 5.74) is 0.0236. The van der Waals surface area contributed by atoms with Gasteiger partial charge in [-0.05, 0) is 48.2 Å². The number of ketones is 1. The van der Waals surface area contributed by atoms with Crippen molar-refractivity contribution >= 4 is 35.5 Å². The molecule has 0 aliphatic carbocycles. The molecule has 0 unspecified atom stereocenters. The maximum Gasteiger partial charge on any atom is 0.430 e. The fourth-order valence-electron chi connectivity index (χ4n) is 5.05. The first kappa shape index (κ1) is 32.5. The van der Waals surface area contributed by atoms with E-state index < -0.39 is 41.5 Å². The van der Waals surface area contributed by atoms with E-state index in [1.807, 2.05) is 6.07 Å². The summed E-state index contributed by atoms with van der Waals surface area (Å²) in [7, 11) is 1.26. The number of methoxy groups -OCH3 is 1. The Labute approximate surface area is 260 Å². The number of amides is 2. The van der Waals surface area contributed by atoms with E-state index in [2.05, 4.69) is 6.58 Å². The highest BCUT2D eigenvalue weighted by Gasteiger charge is 2.65. The average Bonchev–Trinajstić information content (AvgIpc) is 3.44. The maximum absolute atomic E-state index is 13.9. The van der Waals surface area contributed by atoms with Gasteiger partial charge in [0.15, 0.2) is 5.78 Å². The third-order valence-electron chi connectivity index (χ3n) is 7.41. The van der Waals surface area contributed by atoms with Crippen molar-refractivity contribution in [2.24, 2.45) is 0 Å². The minimum Gasteiger partial charge on any atom is -0.465 e. The molecule has 0 radical (unpaired) electrons. The van der Waals surface area contributed by atoms with Crippen molar-refractivity contribution in [1.82, 2.24) is 10.0 Å². The summed E-state index contributed by atoms with van der Waals surface area (Å²) in [5.74, 6) is -2.34. The Morgan fingerprint density at radius 3 is 1.78 bits per heavy atom. The van der Waals surface area contributed by atoms with Gasteiger partial charge >= 0.3 is 24.1 Å². The van der Waals surface area contributed by atoms with E-state index in [4.69, 9.17) is 18.9 Å². The molecule has 4 rings (SSSR count). The van der Waals surface area contributed by atoms with Crippen molar-refractivity contribution in [1.29, 1.82) is 0 Å². The molecular formula is C34H34N2O9. The predicted molar refractivity (Wildman–Crippen MR) is 162 cm³/mol. The van der Waals surface area contributed by atoms with Gasteiger partial charge in [-0.1, -0.05) is 79.4 Å². The lowest BCUT2D eigenvalue weighted by molar-refractivity contribution is -0.165. The number of ether oxygens (including phenoxy) is 4. The van der Waals surface area contributed by atoms with Gasteiger partial charge in [0, 0.05) is 6.42 Å². The highest BCUT2D eigenvalue weighted by Crippen LogP contribution is 2.42. The molecule has 3 aromatic carbocycles. The van der Waals surface area contributed by atoms with Crippen LogP contribution in [0.5, 0.6) is 0 Å². The summed E-state index contributed by atoms with van der Waals surface area (Å²) in [6.45, 7) is 6.39. The minimum absolute atomic E-state index is 0.0974. The van der Waals surface area contributed by atoms with Crippen LogP contribution in [0.1, 0.15) is 47.3 Å². The fourth-order valence-corrected chi connectivity index (χ4v) is 5.05. The van der Waals surface area contributed by atoms with Gasteiger partial charge in [0.2, 0.25) is 5.54 Å². The third kappa shape index (κ3) is 6.87. The second kappa shape index (κ2) is 14.3.